The highest BCUT2D eigenvalue weighted by Crippen LogP contribution is 2.57. The lowest BCUT2D eigenvalue weighted by molar-refractivity contribution is -0.143. The number of benzene rings is 1. The molecule has 3 rings (SSSR count). The highest BCUT2D eigenvalue weighted by Gasteiger charge is 2.67. The maximum Gasteiger partial charge on any atom is 0.338 e. The van der Waals surface area contributed by atoms with E-state index in [1.54, 1.807) is 13.8 Å². The molecule has 0 amide bonds. The molecule has 3 N–H and O–H groups in total. The molecular weight excluding hydrogens is 360 g/mol. The Bertz CT molecular complexity index is 811. The van der Waals surface area contributed by atoms with E-state index in [1.807, 2.05) is 13.8 Å². The van der Waals surface area contributed by atoms with Crippen molar-refractivity contribution in [2.45, 2.75) is 58.3 Å². The topological polar surface area (TPSA) is 104 Å². The molecule has 2 aliphatic carbocycles. The fraction of sp³-hybridized carbons (Fsp3) is 0.545. The lowest BCUT2D eigenvalue weighted by atomic mass is 9.67. The van der Waals surface area contributed by atoms with Crippen molar-refractivity contribution in [2.75, 3.05) is 0 Å². The lowest BCUT2D eigenvalue weighted by Crippen LogP contribution is -2.52. The van der Waals surface area contributed by atoms with Crippen molar-refractivity contribution in [3.8, 4) is 5.75 Å². The summed E-state index contributed by atoms with van der Waals surface area (Å²) in [5, 5.41) is 31.7. The van der Waals surface area contributed by atoms with Gasteiger partial charge in [-0.2, -0.15) is 0 Å². The maximum absolute atomic E-state index is 13.1. The molecule has 152 valence electrons. The Hall–Kier alpha value is -2.18. The van der Waals surface area contributed by atoms with Crippen molar-refractivity contribution in [3.05, 3.63) is 41.5 Å². The molecule has 5 atom stereocenters. The minimum Gasteiger partial charge on any atom is -0.508 e. The van der Waals surface area contributed by atoms with Gasteiger partial charge in [-0.05, 0) is 56.5 Å². The molecule has 2 aliphatic rings. The molecule has 0 saturated heterocycles. The Balaban J connectivity index is 2.01. The number of aromatic hydroxyl groups is 1. The van der Waals surface area contributed by atoms with E-state index in [4.69, 9.17) is 4.74 Å². The number of phenols is 1. The number of ketones is 1. The molecule has 0 spiro atoms. The van der Waals surface area contributed by atoms with Crippen LogP contribution in [0.25, 0.3) is 0 Å². The number of hydrogen-bond donors (Lipinski definition) is 3. The fourth-order valence-corrected chi connectivity index (χ4v) is 4.84. The Labute approximate surface area is 164 Å². The zero-order valence-corrected chi connectivity index (χ0v) is 16.7. The van der Waals surface area contributed by atoms with E-state index < -0.39 is 35.1 Å². The third kappa shape index (κ3) is 3.14. The van der Waals surface area contributed by atoms with Crippen LogP contribution in [0.15, 0.2) is 35.9 Å². The van der Waals surface area contributed by atoms with Gasteiger partial charge in [0.25, 0.3) is 0 Å². The van der Waals surface area contributed by atoms with Gasteiger partial charge in [-0.25, -0.2) is 4.79 Å². The number of ether oxygens (including phenoxy) is 1. The second-order valence-corrected chi connectivity index (χ2v) is 8.68. The monoisotopic (exact) mass is 388 g/mol. The number of phenolic OH excluding ortho intramolecular Hbond substituents is 1. The highest BCUT2D eigenvalue weighted by molar-refractivity contribution is 5.97. The molecule has 0 aliphatic heterocycles. The molecule has 1 aromatic rings. The van der Waals surface area contributed by atoms with E-state index in [2.05, 4.69) is 0 Å². The first-order valence-electron chi connectivity index (χ1n) is 9.62. The molecule has 1 fully saturated rings. The number of aliphatic hydroxyl groups excluding tert-OH is 1. The molecule has 28 heavy (non-hydrogen) atoms. The Morgan fingerprint density at radius 1 is 1.25 bits per heavy atom. The summed E-state index contributed by atoms with van der Waals surface area (Å²) in [7, 11) is 0. The van der Waals surface area contributed by atoms with E-state index in [0.717, 1.165) is 5.57 Å². The second-order valence-electron chi connectivity index (χ2n) is 8.68. The molecule has 1 saturated carbocycles. The number of carbonyl (C=O) groups is 2. The number of hydrogen-bond acceptors (Lipinski definition) is 6. The van der Waals surface area contributed by atoms with E-state index in [1.165, 1.54) is 30.3 Å². The van der Waals surface area contributed by atoms with Crippen LogP contribution in [0.1, 0.15) is 50.9 Å². The Morgan fingerprint density at radius 2 is 1.86 bits per heavy atom. The van der Waals surface area contributed by atoms with Crippen LogP contribution in [0.4, 0.5) is 0 Å². The third-order valence-electron chi connectivity index (χ3n) is 6.54. The summed E-state index contributed by atoms with van der Waals surface area (Å²) in [6.45, 7) is 7.13. The molecule has 0 unspecified atom stereocenters. The van der Waals surface area contributed by atoms with Crippen LogP contribution in [0.3, 0.4) is 0 Å². The zero-order chi connectivity index (χ0) is 20.9. The largest absolute Gasteiger partial charge is 0.508 e. The number of aliphatic hydroxyl groups is 2. The van der Waals surface area contributed by atoms with E-state index >= 15 is 0 Å². The van der Waals surface area contributed by atoms with E-state index in [0.29, 0.717) is 6.42 Å². The van der Waals surface area contributed by atoms with Crippen molar-refractivity contribution >= 4 is 11.8 Å². The number of allylic oxidation sites excluding steroid dienone is 1. The van der Waals surface area contributed by atoms with Crippen LogP contribution in [0.5, 0.6) is 5.75 Å². The van der Waals surface area contributed by atoms with Gasteiger partial charge >= 0.3 is 5.97 Å². The summed E-state index contributed by atoms with van der Waals surface area (Å²) in [5.41, 5.74) is -1.60. The van der Waals surface area contributed by atoms with Crippen LogP contribution >= 0.6 is 0 Å². The molecular formula is C22H28O6. The van der Waals surface area contributed by atoms with Gasteiger partial charge in [0.2, 0.25) is 0 Å². The van der Waals surface area contributed by atoms with Crippen LogP contribution in [0.2, 0.25) is 0 Å². The van der Waals surface area contributed by atoms with Gasteiger partial charge in [0.15, 0.2) is 5.78 Å². The van der Waals surface area contributed by atoms with Crippen molar-refractivity contribution in [1.82, 2.24) is 0 Å². The predicted molar refractivity (Wildman–Crippen MR) is 103 cm³/mol. The number of rotatable bonds is 3. The normalized spacial score (nSPS) is 35.3. The Morgan fingerprint density at radius 3 is 2.43 bits per heavy atom. The zero-order valence-electron chi connectivity index (χ0n) is 16.7. The summed E-state index contributed by atoms with van der Waals surface area (Å²) in [6.07, 6.45) is 0.0646. The summed E-state index contributed by atoms with van der Waals surface area (Å²) in [5.74, 6) is -1.84. The van der Waals surface area contributed by atoms with Gasteiger partial charge in [-0.15, -0.1) is 0 Å². The van der Waals surface area contributed by atoms with Crippen LogP contribution in [-0.4, -0.2) is 44.9 Å². The number of fused-ring (bicyclic) bond motifs is 1. The van der Waals surface area contributed by atoms with Gasteiger partial charge in [0, 0.05) is 12.3 Å². The standard InChI is InChI=1S/C22H28O6/c1-12(2)22(27)11-18(28-20(26)14-5-7-15(23)8-6-14)21(4)17(25)10-13(3)9-16(24)19(21)22/h5-8,10,12,16,18-19,23-24,27H,9,11H2,1-4H3/t16-,18+,19+,21-,22+/m0/s1. The van der Waals surface area contributed by atoms with Crippen molar-refractivity contribution in [2.24, 2.45) is 17.3 Å². The summed E-state index contributed by atoms with van der Waals surface area (Å²) in [6, 6.07) is 5.64. The smallest absolute Gasteiger partial charge is 0.338 e. The second kappa shape index (κ2) is 7.01. The van der Waals surface area contributed by atoms with Gasteiger partial charge in [-0.3, -0.25) is 4.79 Å². The van der Waals surface area contributed by atoms with Gasteiger partial charge in [0.05, 0.1) is 22.7 Å². The predicted octanol–water partition coefficient (Wildman–Crippen LogP) is 2.61. The first-order chi connectivity index (χ1) is 13.0. The first kappa shape index (κ1) is 20.6. The summed E-state index contributed by atoms with van der Waals surface area (Å²) < 4.78 is 5.72. The molecule has 0 heterocycles. The van der Waals surface area contributed by atoms with Crippen molar-refractivity contribution in [3.63, 3.8) is 0 Å². The molecule has 0 aromatic heterocycles. The SMILES string of the molecule is CC1=CC(=O)[C@]2(C)[C@@H]([C@@H](O)C1)[C@](O)(C(C)C)C[C@H]2OC(=O)c1ccc(O)cc1. The molecule has 6 nitrogen and oxygen atoms in total. The lowest BCUT2D eigenvalue weighted by Gasteiger charge is -2.41. The van der Waals surface area contributed by atoms with Gasteiger partial charge in [-0.1, -0.05) is 19.4 Å². The minimum atomic E-state index is -1.35. The fourth-order valence-electron chi connectivity index (χ4n) is 4.84. The quantitative estimate of drug-likeness (QED) is 0.688. The van der Waals surface area contributed by atoms with Crippen molar-refractivity contribution in [1.29, 1.82) is 0 Å². The van der Waals surface area contributed by atoms with E-state index in [9.17, 15) is 24.9 Å². The average molecular weight is 388 g/mol. The highest BCUT2D eigenvalue weighted by atomic mass is 16.5. The third-order valence-corrected chi connectivity index (χ3v) is 6.54. The molecule has 0 radical (unpaired) electrons. The first-order valence-corrected chi connectivity index (χ1v) is 9.62. The molecule has 6 heteroatoms. The minimum absolute atomic E-state index is 0.0290. The summed E-state index contributed by atoms with van der Waals surface area (Å²) in [4.78, 5) is 25.8. The maximum atomic E-state index is 13.1. The average Bonchev–Trinajstić information content (AvgIpc) is 2.79. The van der Waals surface area contributed by atoms with Gasteiger partial charge in [0.1, 0.15) is 11.9 Å². The Kier molecular flexibility index (Phi) is 5.15. The number of esters is 1. The van der Waals surface area contributed by atoms with E-state index in [-0.39, 0.29) is 29.4 Å². The van der Waals surface area contributed by atoms with Crippen LogP contribution in [0, 0.1) is 17.3 Å². The summed E-state index contributed by atoms with van der Waals surface area (Å²) >= 11 is 0. The van der Waals surface area contributed by atoms with Crippen LogP contribution in [-0.2, 0) is 9.53 Å². The van der Waals surface area contributed by atoms with Crippen molar-refractivity contribution < 1.29 is 29.6 Å². The van der Waals surface area contributed by atoms with Gasteiger partial charge < -0.3 is 20.1 Å². The molecule has 0 bridgehead atoms. The van der Waals surface area contributed by atoms with Crippen LogP contribution < -0.4 is 0 Å². The molecule has 1 aromatic carbocycles. The number of carbonyl (C=O) groups excluding carboxylic acids is 2.